The van der Waals surface area contributed by atoms with Crippen molar-refractivity contribution in [2.24, 2.45) is 11.8 Å². The first-order valence-electron chi connectivity index (χ1n) is 4.54. The fourth-order valence-electron chi connectivity index (χ4n) is 1.34. The minimum absolute atomic E-state index is 0.831. The van der Waals surface area contributed by atoms with E-state index in [9.17, 15) is 0 Å². The largest absolute Gasteiger partial charge is 0.383 e. The van der Waals surface area contributed by atoms with Gasteiger partial charge < -0.3 is 10.1 Å². The van der Waals surface area contributed by atoms with Crippen LogP contribution in [-0.2, 0) is 4.74 Å². The molecule has 1 saturated carbocycles. The summed E-state index contributed by atoms with van der Waals surface area (Å²) in [5.41, 5.74) is 0. The van der Waals surface area contributed by atoms with E-state index < -0.39 is 0 Å². The van der Waals surface area contributed by atoms with Crippen LogP contribution in [0.3, 0.4) is 0 Å². The molecule has 0 amide bonds. The summed E-state index contributed by atoms with van der Waals surface area (Å²) in [4.78, 5) is 0. The van der Waals surface area contributed by atoms with Gasteiger partial charge in [0.15, 0.2) is 0 Å². The molecule has 11 heavy (non-hydrogen) atoms. The molecule has 1 fully saturated rings. The Labute approximate surface area is 69.3 Å². The second-order valence-electron chi connectivity index (χ2n) is 3.51. The van der Waals surface area contributed by atoms with E-state index in [0.29, 0.717) is 0 Å². The molecule has 0 aromatic heterocycles. The monoisotopic (exact) mass is 157 g/mol. The van der Waals surface area contributed by atoms with Crippen LogP contribution >= 0.6 is 0 Å². The number of rotatable bonds is 6. The van der Waals surface area contributed by atoms with E-state index in [1.807, 2.05) is 0 Å². The topological polar surface area (TPSA) is 21.3 Å². The van der Waals surface area contributed by atoms with E-state index in [0.717, 1.165) is 31.5 Å². The van der Waals surface area contributed by atoms with Crippen molar-refractivity contribution >= 4 is 0 Å². The van der Waals surface area contributed by atoms with Gasteiger partial charge in [-0.1, -0.05) is 6.92 Å². The maximum absolute atomic E-state index is 4.94. The second kappa shape index (κ2) is 4.73. The molecule has 1 unspecified atom stereocenters. The molecule has 1 atom stereocenters. The summed E-state index contributed by atoms with van der Waals surface area (Å²) in [6.45, 7) is 5.32. The molecule has 2 heteroatoms. The third-order valence-electron chi connectivity index (χ3n) is 2.38. The average Bonchev–Trinajstić information content (AvgIpc) is 2.79. The third kappa shape index (κ3) is 3.73. The minimum Gasteiger partial charge on any atom is -0.383 e. The number of hydrogen-bond donors (Lipinski definition) is 1. The van der Waals surface area contributed by atoms with Crippen LogP contribution in [0.15, 0.2) is 0 Å². The molecule has 0 radical (unpaired) electrons. The van der Waals surface area contributed by atoms with Crippen LogP contribution in [0, 0.1) is 11.8 Å². The molecule has 1 N–H and O–H groups in total. The van der Waals surface area contributed by atoms with Crippen LogP contribution in [0.1, 0.15) is 19.8 Å². The Morgan fingerprint density at radius 2 is 2.27 bits per heavy atom. The van der Waals surface area contributed by atoms with Crippen molar-refractivity contribution < 1.29 is 4.74 Å². The van der Waals surface area contributed by atoms with Crippen LogP contribution in [0.2, 0.25) is 0 Å². The van der Waals surface area contributed by atoms with Crippen molar-refractivity contribution in [3.8, 4) is 0 Å². The van der Waals surface area contributed by atoms with Crippen molar-refractivity contribution in [2.45, 2.75) is 19.8 Å². The normalized spacial score (nSPS) is 20.2. The molecular formula is C9H19NO. The van der Waals surface area contributed by atoms with Crippen LogP contribution in [-0.4, -0.2) is 26.8 Å². The van der Waals surface area contributed by atoms with Gasteiger partial charge in [-0.25, -0.2) is 0 Å². The van der Waals surface area contributed by atoms with Gasteiger partial charge in [-0.2, -0.15) is 0 Å². The van der Waals surface area contributed by atoms with Gasteiger partial charge >= 0.3 is 0 Å². The maximum Gasteiger partial charge on any atom is 0.0587 e. The van der Waals surface area contributed by atoms with Gasteiger partial charge in [0, 0.05) is 13.7 Å². The van der Waals surface area contributed by atoms with Crippen LogP contribution < -0.4 is 5.32 Å². The lowest BCUT2D eigenvalue weighted by Gasteiger charge is -2.10. The van der Waals surface area contributed by atoms with Crippen molar-refractivity contribution in [2.75, 3.05) is 26.8 Å². The molecule has 0 aliphatic heterocycles. The molecule has 0 aromatic carbocycles. The first kappa shape index (κ1) is 9.01. The molecule has 1 rings (SSSR count). The Bertz CT molecular complexity index is 102. The summed E-state index contributed by atoms with van der Waals surface area (Å²) in [6, 6.07) is 0. The summed E-state index contributed by atoms with van der Waals surface area (Å²) in [6.07, 6.45) is 2.90. The van der Waals surface area contributed by atoms with E-state index in [4.69, 9.17) is 4.74 Å². The molecule has 66 valence electrons. The van der Waals surface area contributed by atoms with Crippen molar-refractivity contribution in [1.29, 1.82) is 0 Å². The zero-order chi connectivity index (χ0) is 8.10. The molecular weight excluding hydrogens is 138 g/mol. The summed E-state index contributed by atoms with van der Waals surface area (Å²) in [5, 5.41) is 3.38. The lowest BCUT2D eigenvalue weighted by atomic mass is 10.1. The number of hydrogen-bond acceptors (Lipinski definition) is 2. The summed E-state index contributed by atoms with van der Waals surface area (Å²) >= 11 is 0. The van der Waals surface area contributed by atoms with Crippen molar-refractivity contribution in [1.82, 2.24) is 5.32 Å². The summed E-state index contributed by atoms with van der Waals surface area (Å²) in [7, 11) is 1.74. The molecule has 0 aromatic rings. The van der Waals surface area contributed by atoms with Crippen LogP contribution in [0.5, 0.6) is 0 Å². The Balaban J connectivity index is 1.85. The van der Waals surface area contributed by atoms with Gasteiger partial charge in [-0.3, -0.25) is 0 Å². The second-order valence-corrected chi connectivity index (χ2v) is 3.51. The highest BCUT2D eigenvalue weighted by atomic mass is 16.5. The zero-order valence-corrected chi connectivity index (χ0v) is 7.60. The number of ether oxygens (including phenoxy) is 1. The van der Waals surface area contributed by atoms with Gasteiger partial charge in [0.05, 0.1) is 6.61 Å². The number of methoxy groups -OCH3 is 1. The molecule has 1 aliphatic carbocycles. The highest BCUT2D eigenvalue weighted by Gasteiger charge is 2.27. The fourth-order valence-corrected chi connectivity index (χ4v) is 1.34. The van der Waals surface area contributed by atoms with Gasteiger partial charge in [-0.15, -0.1) is 0 Å². The quantitative estimate of drug-likeness (QED) is 0.586. The Morgan fingerprint density at radius 3 is 2.82 bits per heavy atom. The zero-order valence-electron chi connectivity index (χ0n) is 7.60. The van der Waals surface area contributed by atoms with Crippen LogP contribution in [0.25, 0.3) is 0 Å². The molecule has 0 bridgehead atoms. The van der Waals surface area contributed by atoms with Gasteiger partial charge in [0.2, 0.25) is 0 Å². The lowest BCUT2D eigenvalue weighted by Crippen LogP contribution is -2.25. The molecule has 0 heterocycles. The molecule has 0 saturated heterocycles. The standard InChI is InChI=1S/C9H19NO/c1-8(9-3-4-9)7-10-5-6-11-2/h8-10H,3-7H2,1-2H3. The summed E-state index contributed by atoms with van der Waals surface area (Å²) in [5.74, 6) is 1.89. The molecule has 1 aliphatic rings. The average molecular weight is 157 g/mol. The van der Waals surface area contributed by atoms with Gasteiger partial charge in [-0.05, 0) is 31.2 Å². The van der Waals surface area contributed by atoms with E-state index >= 15 is 0 Å². The highest BCUT2D eigenvalue weighted by molar-refractivity contribution is 4.79. The summed E-state index contributed by atoms with van der Waals surface area (Å²) < 4.78 is 4.94. The fraction of sp³-hybridized carbons (Fsp3) is 1.00. The van der Waals surface area contributed by atoms with E-state index in [2.05, 4.69) is 12.2 Å². The van der Waals surface area contributed by atoms with Gasteiger partial charge in [0.25, 0.3) is 0 Å². The van der Waals surface area contributed by atoms with E-state index in [-0.39, 0.29) is 0 Å². The van der Waals surface area contributed by atoms with E-state index in [1.165, 1.54) is 12.8 Å². The SMILES string of the molecule is COCCNCC(C)C1CC1. The smallest absolute Gasteiger partial charge is 0.0587 e. The first-order chi connectivity index (χ1) is 5.34. The van der Waals surface area contributed by atoms with Crippen molar-refractivity contribution in [3.05, 3.63) is 0 Å². The van der Waals surface area contributed by atoms with Gasteiger partial charge in [0.1, 0.15) is 0 Å². The Kier molecular flexibility index (Phi) is 3.87. The van der Waals surface area contributed by atoms with E-state index in [1.54, 1.807) is 7.11 Å². The molecule has 2 nitrogen and oxygen atoms in total. The Hall–Kier alpha value is -0.0800. The highest BCUT2D eigenvalue weighted by Crippen LogP contribution is 2.35. The van der Waals surface area contributed by atoms with Crippen LogP contribution in [0.4, 0.5) is 0 Å². The van der Waals surface area contributed by atoms with Crippen molar-refractivity contribution in [3.63, 3.8) is 0 Å². The molecule has 0 spiro atoms. The third-order valence-corrected chi connectivity index (χ3v) is 2.38. The Morgan fingerprint density at radius 1 is 1.55 bits per heavy atom. The number of nitrogens with one attached hydrogen (secondary N) is 1. The first-order valence-corrected chi connectivity index (χ1v) is 4.54. The predicted octanol–water partition coefficient (Wildman–Crippen LogP) is 1.27. The lowest BCUT2D eigenvalue weighted by molar-refractivity contribution is 0.197. The predicted molar refractivity (Wildman–Crippen MR) is 46.6 cm³/mol. The maximum atomic E-state index is 4.94. The minimum atomic E-state index is 0.831.